The molecule has 0 unspecified atom stereocenters. The highest BCUT2D eigenvalue weighted by Gasteiger charge is 2.06. The van der Waals surface area contributed by atoms with Gasteiger partial charge < -0.3 is 0 Å². The maximum Gasteiger partial charge on any atom is 0.151 e. The van der Waals surface area contributed by atoms with Crippen LogP contribution in [-0.2, 0) is 0 Å². The lowest BCUT2D eigenvalue weighted by molar-refractivity contribution is 0.383. The molecule has 0 saturated carbocycles. The number of benzene rings is 1. The Hall–Kier alpha value is -0.320. The van der Waals surface area contributed by atoms with Crippen LogP contribution in [0.5, 0.6) is 0 Å². The minimum atomic E-state index is -0.605. The number of nitrogens with one attached hydrogen (secondary N) is 1. The van der Waals surface area contributed by atoms with E-state index in [1.165, 1.54) is 6.07 Å². The van der Waals surface area contributed by atoms with E-state index in [2.05, 4.69) is 15.9 Å². The van der Waals surface area contributed by atoms with E-state index in [-0.39, 0.29) is 10.7 Å². The van der Waals surface area contributed by atoms with Crippen molar-refractivity contribution in [3.63, 3.8) is 0 Å². The van der Waals surface area contributed by atoms with Crippen molar-refractivity contribution in [3.8, 4) is 0 Å². The van der Waals surface area contributed by atoms with Crippen LogP contribution in [0.3, 0.4) is 0 Å². The molecule has 60 valence electrons. The molecule has 1 aromatic carbocycles. The Labute approximate surface area is 76.1 Å². The van der Waals surface area contributed by atoms with Gasteiger partial charge in [-0.15, -0.1) is 0 Å². The quantitative estimate of drug-likeness (QED) is 0.740. The van der Waals surface area contributed by atoms with E-state index < -0.39 is 5.82 Å². The van der Waals surface area contributed by atoms with E-state index in [0.717, 1.165) is 6.07 Å². The van der Waals surface area contributed by atoms with Gasteiger partial charge in [-0.2, -0.15) is 0 Å². The smallest absolute Gasteiger partial charge is 0.151 e. The molecular weight excluding hydrogens is 236 g/mol. The van der Waals surface area contributed by atoms with Crippen LogP contribution in [0.4, 0.5) is 10.1 Å². The number of anilines is 1. The Morgan fingerprint density at radius 3 is 2.64 bits per heavy atom. The molecular formula is C6H4BrClFNO. The number of halogens is 3. The molecule has 0 aliphatic carbocycles. The Balaban J connectivity index is 3.25. The molecule has 0 atom stereocenters. The molecule has 0 aliphatic rings. The summed E-state index contributed by atoms with van der Waals surface area (Å²) in [5.74, 6) is -0.605. The van der Waals surface area contributed by atoms with Crippen LogP contribution < -0.4 is 5.48 Å². The molecule has 0 aromatic heterocycles. The van der Waals surface area contributed by atoms with Crippen LogP contribution in [0.1, 0.15) is 0 Å². The molecule has 1 aromatic rings. The predicted octanol–water partition coefficient (Wildman–Crippen LogP) is 3.04. The summed E-state index contributed by atoms with van der Waals surface area (Å²) in [5, 5.41) is 8.70. The largest absolute Gasteiger partial charge is 0.291 e. The van der Waals surface area contributed by atoms with E-state index in [4.69, 9.17) is 16.8 Å². The Morgan fingerprint density at radius 1 is 1.55 bits per heavy atom. The van der Waals surface area contributed by atoms with Crippen LogP contribution in [0.2, 0.25) is 5.02 Å². The zero-order valence-corrected chi connectivity index (χ0v) is 7.58. The summed E-state index contributed by atoms with van der Waals surface area (Å²) < 4.78 is 13.2. The van der Waals surface area contributed by atoms with Gasteiger partial charge in [-0.3, -0.25) is 10.7 Å². The zero-order chi connectivity index (χ0) is 8.43. The van der Waals surface area contributed by atoms with E-state index in [1.54, 1.807) is 5.48 Å². The third kappa shape index (κ3) is 1.83. The highest BCUT2D eigenvalue weighted by Crippen LogP contribution is 2.28. The number of rotatable bonds is 1. The molecule has 0 bridgehead atoms. The molecule has 0 saturated heterocycles. The SMILES string of the molecule is ONc1c(F)cc(Cl)cc1Br. The van der Waals surface area contributed by atoms with Gasteiger partial charge in [0.15, 0.2) is 5.82 Å². The topological polar surface area (TPSA) is 32.3 Å². The average Bonchev–Trinajstić information content (AvgIpc) is 1.85. The third-order valence-electron chi connectivity index (χ3n) is 1.12. The molecule has 2 N–H and O–H groups in total. The van der Waals surface area contributed by atoms with Gasteiger partial charge in [0.1, 0.15) is 5.69 Å². The lowest BCUT2D eigenvalue weighted by Crippen LogP contribution is -1.94. The zero-order valence-electron chi connectivity index (χ0n) is 5.24. The first-order valence-corrected chi connectivity index (χ1v) is 3.87. The van der Waals surface area contributed by atoms with E-state index in [1.807, 2.05) is 0 Å². The molecule has 0 heterocycles. The Morgan fingerprint density at radius 2 is 2.18 bits per heavy atom. The van der Waals surface area contributed by atoms with Crippen molar-refractivity contribution in [1.82, 2.24) is 0 Å². The van der Waals surface area contributed by atoms with Gasteiger partial charge in [-0.05, 0) is 28.1 Å². The van der Waals surface area contributed by atoms with Gasteiger partial charge in [0.05, 0.1) is 0 Å². The second-order valence-corrected chi connectivity index (χ2v) is 3.15. The van der Waals surface area contributed by atoms with Gasteiger partial charge in [-0.25, -0.2) is 4.39 Å². The summed E-state index contributed by atoms with van der Waals surface area (Å²) in [6, 6.07) is 2.58. The van der Waals surface area contributed by atoms with Crippen LogP contribution in [-0.4, -0.2) is 5.21 Å². The Bertz CT molecular complexity index is 258. The summed E-state index contributed by atoms with van der Waals surface area (Å²) in [6.07, 6.45) is 0. The Kier molecular flexibility index (Phi) is 2.70. The van der Waals surface area contributed by atoms with Crippen molar-refractivity contribution < 1.29 is 9.60 Å². The minimum Gasteiger partial charge on any atom is -0.291 e. The highest BCUT2D eigenvalue weighted by atomic mass is 79.9. The molecule has 5 heteroatoms. The highest BCUT2D eigenvalue weighted by molar-refractivity contribution is 9.10. The summed E-state index contributed by atoms with van der Waals surface area (Å²) in [7, 11) is 0. The fourth-order valence-electron chi connectivity index (χ4n) is 0.649. The third-order valence-corrected chi connectivity index (χ3v) is 1.96. The van der Waals surface area contributed by atoms with Crippen molar-refractivity contribution in [2.45, 2.75) is 0 Å². The normalized spacial score (nSPS) is 9.82. The average molecular weight is 240 g/mol. The summed E-state index contributed by atoms with van der Waals surface area (Å²) in [6.45, 7) is 0. The molecule has 2 nitrogen and oxygen atoms in total. The standard InChI is InChI=1S/C6H4BrClFNO/c7-4-1-3(8)2-5(9)6(4)10-11/h1-2,10-11H. The molecule has 11 heavy (non-hydrogen) atoms. The summed E-state index contributed by atoms with van der Waals surface area (Å²) >= 11 is 8.51. The van der Waals surface area contributed by atoms with Gasteiger partial charge in [0.25, 0.3) is 0 Å². The molecule has 0 spiro atoms. The van der Waals surface area contributed by atoms with Crippen LogP contribution in [0.25, 0.3) is 0 Å². The molecule has 0 radical (unpaired) electrons. The lowest BCUT2D eigenvalue weighted by Gasteiger charge is -2.03. The van der Waals surface area contributed by atoms with E-state index in [0.29, 0.717) is 4.47 Å². The molecule has 1 rings (SSSR count). The summed E-state index contributed by atoms with van der Waals surface area (Å²) in [4.78, 5) is 0. The minimum absolute atomic E-state index is 0.0191. The van der Waals surface area contributed by atoms with Crippen molar-refractivity contribution in [1.29, 1.82) is 0 Å². The first kappa shape index (κ1) is 8.77. The van der Waals surface area contributed by atoms with Crippen LogP contribution in [0.15, 0.2) is 16.6 Å². The van der Waals surface area contributed by atoms with E-state index >= 15 is 0 Å². The molecule has 0 amide bonds. The monoisotopic (exact) mass is 239 g/mol. The number of hydrogen-bond donors (Lipinski definition) is 2. The number of hydrogen-bond acceptors (Lipinski definition) is 2. The second kappa shape index (κ2) is 3.38. The molecule has 0 aliphatic heterocycles. The summed E-state index contributed by atoms with van der Waals surface area (Å²) in [5.41, 5.74) is 1.69. The van der Waals surface area contributed by atoms with Crippen molar-refractivity contribution in [2.75, 3.05) is 5.48 Å². The first-order valence-electron chi connectivity index (χ1n) is 2.70. The van der Waals surface area contributed by atoms with Gasteiger partial charge >= 0.3 is 0 Å². The van der Waals surface area contributed by atoms with E-state index in [9.17, 15) is 4.39 Å². The van der Waals surface area contributed by atoms with Crippen LogP contribution in [0, 0.1) is 5.82 Å². The van der Waals surface area contributed by atoms with Crippen molar-refractivity contribution in [2.24, 2.45) is 0 Å². The molecule has 0 fully saturated rings. The van der Waals surface area contributed by atoms with Gasteiger partial charge in [-0.1, -0.05) is 11.6 Å². The first-order chi connectivity index (χ1) is 5.15. The fourth-order valence-corrected chi connectivity index (χ4v) is 1.51. The van der Waals surface area contributed by atoms with Crippen molar-refractivity contribution >= 4 is 33.2 Å². The van der Waals surface area contributed by atoms with Gasteiger partial charge in [0, 0.05) is 9.50 Å². The fraction of sp³-hybridized carbons (Fsp3) is 0. The van der Waals surface area contributed by atoms with Gasteiger partial charge in [0.2, 0.25) is 0 Å². The van der Waals surface area contributed by atoms with Crippen molar-refractivity contribution in [3.05, 3.63) is 27.4 Å². The lowest BCUT2D eigenvalue weighted by atomic mass is 10.3. The maximum atomic E-state index is 12.8. The second-order valence-electron chi connectivity index (χ2n) is 1.86. The van der Waals surface area contributed by atoms with Crippen LogP contribution >= 0.6 is 27.5 Å². The maximum absolute atomic E-state index is 12.8. The predicted molar refractivity (Wildman–Crippen MR) is 44.5 cm³/mol.